The second kappa shape index (κ2) is 7.25. The first-order valence-electron chi connectivity index (χ1n) is 7.32. The lowest BCUT2D eigenvalue weighted by molar-refractivity contribution is -0.137. The maximum atomic E-state index is 12.9. The number of aryl methyl sites for hydroxylation is 1. The Hall–Kier alpha value is -2.02. The monoisotopic (exact) mass is 345 g/mol. The molecule has 0 spiro atoms. The highest BCUT2D eigenvalue weighted by Crippen LogP contribution is 2.32. The molecule has 1 rings (SSSR count). The van der Waals surface area contributed by atoms with Crippen LogP contribution in [-0.2, 0) is 10.9 Å². The molecule has 0 aliphatic heterocycles. The normalized spacial score (nSPS) is 14.7. The molecule has 0 saturated carbocycles. The largest absolute Gasteiger partial charge is 0.444 e. The first-order chi connectivity index (χ1) is 10.8. The van der Waals surface area contributed by atoms with Crippen LogP contribution in [0, 0.1) is 6.92 Å². The van der Waals surface area contributed by atoms with Crippen molar-refractivity contribution in [2.75, 3.05) is 0 Å². The Labute approximate surface area is 139 Å². The molecule has 2 atom stereocenters. The fourth-order valence-corrected chi connectivity index (χ4v) is 2.06. The van der Waals surface area contributed by atoms with E-state index in [-0.39, 0.29) is 5.56 Å². The fourth-order valence-electron chi connectivity index (χ4n) is 2.06. The molecular formula is C17H22F3NO3. The number of ether oxygens (including phenoxy) is 1. The van der Waals surface area contributed by atoms with Crippen LogP contribution in [-0.4, -0.2) is 22.8 Å². The number of benzene rings is 1. The number of aliphatic hydroxyl groups excluding tert-OH is 1. The van der Waals surface area contributed by atoms with E-state index in [1.165, 1.54) is 19.1 Å². The highest BCUT2D eigenvalue weighted by molar-refractivity contribution is 5.68. The van der Waals surface area contributed by atoms with Gasteiger partial charge < -0.3 is 15.2 Å². The van der Waals surface area contributed by atoms with Gasteiger partial charge in [0.15, 0.2) is 0 Å². The SMILES string of the molecule is C=CC(NC(=O)OC(C)(C)C)C(O)c1cc(C)cc(C(F)(F)F)c1. The summed E-state index contributed by atoms with van der Waals surface area (Å²) in [4.78, 5) is 11.8. The van der Waals surface area contributed by atoms with Crippen LogP contribution in [0.1, 0.15) is 43.6 Å². The smallest absolute Gasteiger partial charge is 0.416 e. The Balaban J connectivity index is 3.01. The third kappa shape index (κ3) is 5.88. The number of rotatable bonds is 4. The summed E-state index contributed by atoms with van der Waals surface area (Å²) in [5.41, 5.74) is -1.23. The number of alkyl halides is 3. The van der Waals surface area contributed by atoms with Crippen molar-refractivity contribution in [2.45, 2.75) is 51.6 Å². The van der Waals surface area contributed by atoms with Crippen molar-refractivity contribution in [3.05, 3.63) is 47.5 Å². The summed E-state index contributed by atoms with van der Waals surface area (Å²) in [6.45, 7) is 10.0. The quantitative estimate of drug-likeness (QED) is 0.807. The molecular weight excluding hydrogens is 323 g/mol. The van der Waals surface area contributed by atoms with Gasteiger partial charge in [-0.15, -0.1) is 6.58 Å². The highest BCUT2D eigenvalue weighted by atomic mass is 19.4. The van der Waals surface area contributed by atoms with Crippen molar-refractivity contribution < 1.29 is 27.8 Å². The summed E-state index contributed by atoms with van der Waals surface area (Å²) in [7, 11) is 0. The molecule has 0 bridgehead atoms. The molecule has 1 amide bonds. The minimum absolute atomic E-state index is 0.0308. The molecule has 134 valence electrons. The molecule has 4 nitrogen and oxygen atoms in total. The number of alkyl carbamates (subject to hydrolysis) is 1. The van der Waals surface area contributed by atoms with Gasteiger partial charge in [-0.25, -0.2) is 4.79 Å². The fraction of sp³-hybridized carbons (Fsp3) is 0.471. The molecule has 2 N–H and O–H groups in total. The Morgan fingerprint density at radius 1 is 1.29 bits per heavy atom. The first-order valence-corrected chi connectivity index (χ1v) is 7.32. The number of amides is 1. The van der Waals surface area contributed by atoms with Gasteiger partial charge in [-0.05, 0) is 45.4 Å². The molecule has 2 unspecified atom stereocenters. The van der Waals surface area contributed by atoms with Crippen molar-refractivity contribution in [1.82, 2.24) is 5.32 Å². The molecule has 0 aromatic heterocycles. The molecule has 0 aliphatic rings. The summed E-state index contributed by atoms with van der Waals surface area (Å²) in [5, 5.41) is 12.7. The van der Waals surface area contributed by atoms with Crippen LogP contribution in [0.2, 0.25) is 0 Å². The Bertz CT molecular complexity index is 606. The lowest BCUT2D eigenvalue weighted by atomic mass is 9.97. The Morgan fingerprint density at radius 3 is 2.33 bits per heavy atom. The van der Waals surface area contributed by atoms with Gasteiger partial charge in [0.25, 0.3) is 0 Å². The van der Waals surface area contributed by atoms with Gasteiger partial charge >= 0.3 is 12.3 Å². The molecule has 0 heterocycles. The average Bonchev–Trinajstić information content (AvgIpc) is 2.40. The Morgan fingerprint density at radius 2 is 1.88 bits per heavy atom. The lowest BCUT2D eigenvalue weighted by Crippen LogP contribution is -2.41. The van der Waals surface area contributed by atoms with E-state index in [1.54, 1.807) is 20.8 Å². The van der Waals surface area contributed by atoms with Crippen molar-refractivity contribution in [3.63, 3.8) is 0 Å². The predicted octanol–water partition coefficient (Wildman–Crippen LogP) is 4.13. The molecule has 1 aromatic rings. The van der Waals surface area contributed by atoms with E-state index in [0.717, 1.165) is 12.1 Å². The van der Waals surface area contributed by atoms with E-state index in [9.17, 15) is 23.1 Å². The second-order valence-electron chi connectivity index (χ2n) is 6.48. The van der Waals surface area contributed by atoms with Gasteiger partial charge in [0, 0.05) is 0 Å². The van der Waals surface area contributed by atoms with Gasteiger partial charge in [0.05, 0.1) is 11.6 Å². The third-order valence-corrected chi connectivity index (χ3v) is 3.05. The number of nitrogens with one attached hydrogen (secondary N) is 1. The number of carbonyl (C=O) groups excluding carboxylic acids is 1. The zero-order chi connectivity index (χ0) is 18.7. The number of hydrogen-bond acceptors (Lipinski definition) is 3. The van der Waals surface area contributed by atoms with Gasteiger partial charge in [0.2, 0.25) is 0 Å². The van der Waals surface area contributed by atoms with Crippen LogP contribution in [0.4, 0.5) is 18.0 Å². The van der Waals surface area contributed by atoms with Crippen LogP contribution in [0.3, 0.4) is 0 Å². The second-order valence-corrected chi connectivity index (χ2v) is 6.48. The summed E-state index contributed by atoms with van der Waals surface area (Å²) in [6, 6.07) is 2.26. The molecule has 1 aromatic carbocycles. The van der Waals surface area contributed by atoms with Crippen molar-refractivity contribution >= 4 is 6.09 Å². The molecule has 0 radical (unpaired) electrons. The van der Waals surface area contributed by atoms with E-state index in [0.29, 0.717) is 5.56 Å². The number of carbonyl (C=O) groups is 1. The maximum absolute atomic E-state index is 12.9. The van der Waals surface area contributed by atoms with Gasteiger partial charge in [-0.3, -0.25) is 0 Å². The number of hydrogen-bond donors (Lipinski definition) is 2. The van der Waals surface area contributed by atoms with Crippen molar-refractivity contribution in [1.29, 1.82) is 0 Å². The molecule has 0 aliphatic carbocycles. The standard InChI is InChI=1S/C17H22F3NO3/c1-6-13(21-15(23)24-16(3,4)5)14(22)11-7-10(2)8-12(9-11)17(18,19)20/h6-9,13-14,22H,1H2,2-5H3,(H,21,23). The summed E-state index contributed by atoms with van der Waals surface area (Å²) in [6.07, 6.45) is -5.47. The third-order valence-electron chi connectivity index (χ3n) is 3.05. The lowest BCUT2D eigenvalue weighted by Gasteiger charge is -2.25. The van der Waals surface area contributed by atoms with Gasteiger partial charge in [-0.1, -0.05) is 17.7 Å². The van der Waals surface area contributed by atoms with Gasteiger partial charge in [0.1, 0.15) is 11.7 Å². The molecule has 0 fully saturated rings. The van der Waals surface area contributed by atoms with E-state index < -0.39 is 35.6 Å². The summed E-state index contributed by atoms with van der Waals surface area (Å²) in [5.74, 6) is 0. The average molecular weight is 345 g/mol. The zero-order valence-electron chi connectivity index (χ0n) is 14.1. The summed E-state index contributed by atoms with van der Waals surface area (Å²) < 4.78 is 43.8. The molecule has 0 saturated heterocycles. The molecule has 7 heteroatoms. The maximum Gasteiger partial charge on any atom is 0.416 e. The highest BCUT2D eigenvalue weighted by Gasteiger charge is 2.32. The van der Waals surface area contributed by atoms with E-state index in [2.05, 4.69) is 11.9 Å². The van der Waals surface area contributed by atoms with Gasteiger partial charge in [-0.2, -0.15) is 13.2 Å². The van der Waals surface area contributed by atoms with Crippen molar-refractivity contribution in [3.8, 4) is 0 Å². The van der Waals surface area contributed by atoms with E-state index >= 15 is 0 Å². The van der Waals surface area contributed by atoms with Crippen molar-refractivity contribution in [2.24, 2.45) is 0 Å². The van der Waals surface area contributed by atoms with Crippen LogP contribution in [0.5, 0.6) is 0 Å². The van der Waals surface area contributed by atoms with E-state index in [1.807, 2.05) is 0 Å². The topological polar surface area (TPSA) is 58.6 Å². The number of aliphatic hydroxyl groups is 1. The van der Waals surface area contributed by atoms with Crippen LogP contribution >= 0.6 is 0 Å². The molecule has 24 heavy (non-hydrogen) atoms. The minimum atomic E-state index is -4.53. The van der Waals surface area contributed by atoms with Crippen LogP contribution < -0.4 is 5.32 Å². The van der Waals surface area contributed by atoms with Crippen LogP contribution in [0.25, 0.3) is 0 Å². The van der Waals surface area contributed by atoms with E-state index in [4.69, 9.17) is 4.74 Å². The number of halogens is 3. The summed E-state index contributed by atoms with van der Waals surface area (Å²) >= 11 is 0. The van der Waals surface area contributed by atoms with Crippen LogP contribution in [0.15, 0.2) is 30.9 Å². The zero-order valence-corrected chi connectivity index (χ0v) is 14.1. The first kappa shape index (κ1) is 20.0. The Kier molecular flexibility index (Phi) is 6.05. The predicted molar refractivity (Wildman–Crippen MR) is 84.5 cm³/mol. The minimum Gasteiger partial charge on any atom is -0.444 e.